The van der Waals surface area contributed by atoms with E-state index in [1.54, 1.807) is 4.90 Å². The molecular formula is C31H50F2N2O2. The van der Waals surface area contributed by atoms with Gasteiger partial charge in [0.25, 0.3) is 0 Å². The van der Waals surface area contributed by atoms with Crippen LogP contribution in [0.2, 0.25) is 0 Å². The number of carbonyl (C=O) groups excluding carboxylic acids is 1. The molecule has 2 fully saturated rings. The zero-order valence-corrected chi connectivity index (χ0v) is 24.6. The lowest BCUT2D eigenvalue weighted by atomic mass is 9.77. The summed E-state index contributed by atoms with van der Waals surface area (Å²) in [5, 5.41) is 10.9. The molecule has 0 radical (unpaired) electrons. The molecule has 0 bridgehead atoms. The van der Waals surface area contributed by atoms with E-state index in [0.717, 1.165) is 12.5 Å². The monoisotopic (exact) mass is 520 g/mol. The molecule has 0 saturated carbocycles. The molecule has 0 spiro atoms. The van der Waals surface area contributed by atoms with Gasteiger partial charge in [-0.25, -0.2) is 8.78 Å². The Labute approximate surface area is 224 Å². The Morgan fingerprint density at radius 2 is 1.84 bits per heavy atom. The molecule has 0 aliphatic carbocycles. The van der Waals surface area contributed by atoms with Crippen LogP contribution in [0.3, 0.4) is 0 Å². The first-order valence-corrected chi connectivity index (χ1v) is 13.7. The summed E-state index contributed by atoms with van der Waals surface area (Å²) in [5.41, 5.74) is -0.0240. The van der Waals surface area contributed by atoms with Gasteiger partial charge < -0.3 is 10.0 Å². The molecule has 3 rings (SSSR count). The van der Waals surface area contributed by atoms with E-state index in [-0.39, 0.29) is 23.3 Å². The van der Waals surface area contributed by atoms with Gasteiger partial charge in [-0.3, -0.25) is 9.69 Å². The number of hydrogen-bond acceptors (Lipinski definition) is 3. The molecule has 2 aliphatic heterocycles. The highest BCUT2D eigenvalue weighted by atomic mass is 19.1. The molecular weight excluding hydrogens is 470 g/mol. The van der Waals surface area contributed by atoms with Crippen molar-refractivity contribution in [3.8, 4) is 0 Å². The van der Waals surface area contributed by atoms with E-state index in [4.69, 9.17) is 0 Å². The third-order valence-corrected chi connectivity index (χ3v) is 7.54. The Balaban J connectivity index is 0.000000874. The molecule has 1 aromatic rings. The SMILES string of the molecule is C/C=C\CC.C=C(C)[C@@]1(O)CCN(C(=O)C2CN(C(C)(C)C)C[C@H]2c2ccc(F)cc2F)CC1C.CC. The number of nitrogens with zero attached hydrogens (tertiary/aromatic N) is 2. The minimum absolute atomic E-state index is 0.0221. The molecule has 1 amide bonds. The largest absolute Gasteiger partial charge is 0.385 e. The zero-order valence-electron chi connectivity index (χ0n) is 24.6. The van der Waals surface area contributed by atoms with Gasteiger partial charge in [-0.2, -0.15) is 0 Å². The van der Waals surface area contributed by atoms with E-state index in [1.807, 2.05) is 34.6 Å². The molecule has 2 heterocycles. The Kier molecular flexibility index (Phi) is 12.7. The molecule has 37 heavy (non-hydrogen) atoms. The molecule has 2 saturated heterocycles. The molecule has 0 aromatic heterocycles. The van der Waals surface area contributed by atoms with E-state index >= 15 is 0 Å². The first-order valence-electron chi connectivity index (χ1n) is 13.7. The van der Waals surface area contributed by atoms with Crippen LogP contribution in [0.25, 0.3) is 0 Å². The van der Waals surface area contributed by atoms with E-state index in [0.29, 0.717) is 43.7 Å². The number of carbonyl (C=O) groups is 1. The maximum absolute atomic E-state index is 14.6. The van der Waals surface area contributed by atoms with Gasteiger partial charge in [0.2, 0.25) is 5.91 Å². The molecule has 1 N–H and O–H groups in total. The maximum Gasteiger partial charge on any atom is 0.227 e. The van der Waals surface area contributed by atoms with Crippen molar-refractivity contribution in [2.75, 3.05) is 26.2 Å². The van der Waals surface area contributed by atoms with Crippen molar-refractivity contribution in [2.45, 2.75) is 92.2 Å². The first kappa shape index (κ1) is 33.0. The van der Waals surface area contributed by atoms with Crippen molar-refractivity contribution in [1.82, 2.24) is 9.80 Å². The van der Waals surface area contributed by atoms with Gasteiger partial charge in [0.1, 0.15) is 11.6 Å². The van der Waals surface area contributed by atoms with Gasteiger partial charge in [0.15, 0.2) is 0 Å². The average molecular weight is 521 g/mol. The number of benzene rings is 1. The second kappa shape index (κ2) is 14.2. The fourth-order valence-corrected chi connectivity index (χ4v) is 5.15. The second-order valence-electron chi connectivity index (χ2n) is 11.1. The summed E-state index contributed by atoms with van der Waals surface area (Å²) in [6.45, 7) is 24.0. The molecule has 4 nitrogen and oxygen atoms in total. The van der Waals surface area contributed by atoms with Crippen LogP contribution in [0.5, 0.6) is 0 Å². The first-order chi connectivity index (χ1) is 17.3. The number of piperidine rings is 1. The number of allylic oxidation sites excluding steroid dienone is 2. The van der Waals surface area contributed by atoms with E-state index < -0.39 is 23.2 Å². The molecule has 2 unspecified atom stereocenters. The van der Waals surface area contributed by atoms with Crippen LogP contribution in [0.4, 0.5) is 8.78 Å². The van der Waals surface area contributed by atoms with Crippen LogP contribution in [0, 0.1) is 23.5 Å². The summed E-state index contributed by atoms with van der Waals surface area (Å²) >= 11 is 0. The third kappa shape index (κ3) is 8.22. The Hall–Kier alpha value is -2.05. The van der Waals surface area contributed by atoms with Crippen molar-refractivity contribution in [3.05, 3.63) is 59.7 Å². The van der Waals surface area contributed by atoms with Gasteiger partial charge in [-0.15, -0.1) is 0 Å². The third-order valence-electron chi connectivity index (χ3n) is 7.54. The topological polar surface area (TPSA) is 43.8 Å². The quantitative estimate of drug-likeness (QED) is 0.437. The number of likely N-dealkylation sites (tertiary alicyclic amines) is 2. The summed E-state index contributed by atoms with van der Waals surface area (Å²) in [6, 6.07) is 3.63. The number of halogens is 2. The van der Waals surface area contributed by atoms with Crippen molar-refractivity contribution < 1.29 is 18.7 Å². The van der Waals surface area contributed by atoms with Crippen LogP contribution in [0.15, 0.2) is 42.5 Å². The second-order valence-corrected chi connectivity index (χ2v) is 11.1. The Bertz CT molecular complexity index is 924. The summed E-state index contributed by atoms with van der Waals surface area (Å²) < 4.78 is 28.1. The maximum atomic E-state index is 14.6. The van der Waals surface area contributed by atoms with Gasteiger partial charge in [-0.1, -0.05) is 52.5 Å². The van der Waals surface area contributed by atoms with Crippen LogP contribution >= 0.6 is 0 Å². The summed E-state index contributed by atoms with van der Waals surface area (Å²) in [6.07, 6.45) is 5.79. The predicted molar refractivity (Wildman–Crippen MR) is 150 cm³/mol. The van der Waals surface area contributed by atoms with Crippen molar-refractivity contribution in [1.29, 1.82) is 0 Å². The summed E-state index contributed by atoms with van der Waals surface area (Å²) in [7, 11) is 0. The number of aliphatic hydroxyl groups is 1. The summed E-state index contributed by atoms with van der Waals surface area (Å²) in [5.74, 6) is -2.12. The van der Waals surface area contributed by atoms with Gasteiger partial charge in [0, 0.05) is 49.6 Å². The van der Waals surface area contributed by atoms with Gasteiger partial charge in [-0.05, 0) is 64.7 Å². The van der Waals surface area contributed by atoms with Crippen LogP contribution in [0.1, 0.15) is 86.6 Å². The number of rotatable bonds is 4. The lowest BCUT2D eigenvalue weighted by Crippen LogP contribution is -2.54. The highest BCUT2D eigenvalue weighted by Crippen LogP contribution is 2.40. The minimum Gasteiger partial charge on any atom is -0.385 e. The van der Waals surface area contributed by atoms with Crippen molar-refractivity contribution >= 4 is 5.91 Å². The fraction of sp³-hybridized carbons (Fsp3) is 0.645. The fourth-order valence-electron chi connectivity index (χ4n) is 5.15. The Morgan fingerprint density at radius 3 is 2.27 bits per heavy atom. The molecule has 4 atom stereocenters. The Morgan fingerprint density at radius 1 is 1.22 bits per heavy atom. The lowest BCUT2D eigenvalue weighted by molar-refractivity contribution is -0.141. The molecule has 1 aromatic carbocycles. The number of amides is 1. The standard InChI is InChI=1S/C24H34F2N2O2.C5H10.C2H6/c1-15(2)24(30)9-10-27(12-16(24)3)22(29)20-14-28(23(4,5)6)13-19(20)18-8-7-17(25)11-21(18)26;1-3-5-4-2;1-2/h7-8,11,16,19-20,30H,1,9-10,12-14H2,2-6H3;3,5H,4H2,1-2H3;1-2H3/b;5-3-;/t16?,19-,20?,24-;;/m0../s1. The van der Waals surface area contributed by atoms with Crippen molar-refractivity contribution in [3.63, 3.8) is 0 Å². The zero-order chi connectivity index (χ0) is 28.6. The van der Waals surface area contributed by atoms with E-state index in [2.05, 4.69) is 51.3 Å². The van der Waals surface area contributed by atoms with Gasteiger partial charge >= 0.3 is 0 Å². The van der Waals surface area contributed by atoms with E-state index in [9.17, 15) is 18.7 Å². The minimum atomic E-state index is -0.966. The lowest BCUT2D eigenvalue weighted by Gasteiger charge is -2.44. The molecule has 2 aliphatic rings. The van der Waals surface area contributed by atoms with E-state index in [1.165, 1.54) is 12.1 Å². The van der Waals surface area contributed by atoms with Crippen LogP contribution in [-0.4, -0.2) is 58.1 Å². The predicted octanol–water partition coefficient (Wildman–Crippen LogP) is 6.95. The average Bonchev–Trinajstić information content (AvgIpc) is 3.28. The smallest absolute Gasteiger partial charge is 0.227 e. The number of hydrogen-bond donors (Lipinski definition) is 1. The van der Waals surface area contributed by atoms with Gasteiger partial charge in [0.05, 0.1) is 11.5 Å². The normalized spacial score (nSPS) is 26.3. The summed E-state index contributed by atoms with van der Waals surface area (Å²) in [4.78, 5) is 17.6. The van der Waals surface area contributed by atoms with Crippen LogP contribution < -0.4 is 0 Å². The molecule has 210 valence electrons. The molecule has 6 heteroatoms. The highest BCUT2D eigenvalue weighted by molar-refractivity contribution is 5.81. The van der Waals surface area contributed by atoms with Crippen molar-refractivity contribution in [2.24, 2.45) is 11.8 Å². The van der Waals surface area contributed by atoms with Crippen LogP contribution in [-0.2, 0) is 4.79 Å². The highest BCUT2D eigenvalue weighted by Gasteiger charge is 2.47.